The lowest BCUT2D eigenvalue weighted by atomic mass is 9.76. The van der Waals surface area contributed by atoms with Crippen molar-refractivity contribution in [3.05, 3.63) is 59.7 Å². The van der Waals surface area contributed by atoms with Gasteiger partial charge in [-0.1, -0.05) is 30.3 Å². The van der Waals surface area contributed by atoms with Gasteiger partial charge in [0.1, 0.15) is 23.7 Å². The number of sulfonamides is 1. The molecule has 0 saturated heterocycles. The summed E-state index contributed by atoms with van der Waals surface area (Å²) in [5.74, 6) is 2.37. The number of benzene rings is 2. The number of ether oxygens (including phenoxy) is 2. The van der Waals surface area contributed by atoms with E-state index in [-0.39, 0.29) is 36.5 Å². The van der Waals surface area contributed by atoms with Gasteiger partial charge in [-0.05, 0) is 69.8 Å². The van der Waals surface area contributed by atoms with Crippen LogP contribution >= 0.6 is 0 Å². The third-order valence-electron chi connectivity index (χ3n) is 6.36. The molecule has 1 saturated carbocycles. The predicted molar refractivity (Wildman–Crippen MR) is 127 cm³/mol. The van der Waals surface area contributed by atoms with E-state index >= 15 is 0 Å². The summed E-state index contributed by atoms with van der Waals surface area (Å²) in [6.45, 7) is 4.79. The number of likely N-dealkylation sites (N-methyl/N-ethyl adjacent to an activating group) is 1. The molecule has 2 aliphatic rings. The van der Waals surface area contributed by atoms with Gasteiger partial charge in [-0.15, -0.1) is 0 Å². The maximum Gasteiger partial charge on any atom is 0.211 e. The first kappa shape index (κ1) is 23.1. The van der Waals surface area contributed by atoms with Gasteiger partial charge in [0.15, 0.2) is 0 Å². The van der Waals surface area contributed by atoms with Gasteiger partial charge < -0.3 is 14.8 Å². The van der Waals surface area contributed by atoms with E-state index in [0.29, 0.717) is 5.92 Å². The van der Waals surface area contributed by atoms with E-state index in [2.05, 4.69) is 48.2 Å². The van der Waals surface area contributed by atoms with Crippen LogP contribution in [0, 0.1) is 5.92 Å². The molecular formula is C25H34N2O4S. The molecule has 2 N–H and O–H groups in total. The Labute approximate surface area is 191 Å². The van der Waals surface area contributed by atoms with E-state index in [0.717, 1.165) is 36.3 Å². The molecule has 0 bridgehead atoms. The molecule has 1 heterocycles. The number of rotatable bonds is 10. The molecule has 1 fully saturated rings. The highest BCUT2D eigenvalue weighted by Gasteiger charge is 2.43. The molecule has 4 rings (SSSR count). The number of nitrogens with one attached hydrogen (secondary N) is 2. The van der Waals surface area contributed by atoms with Crippen molar-refractivity contribution >= 4 is 10.0 Å². The summed E-state index contributed by atoms with van der Waals surface area (Å²) in [6, 6.07) is 16.5. The van der Waals surface area contributed by atoms with Crippen LogP contribution in [-0.2, 0) is 16.4 Å². The van der Waals surface area contributed by atoms with Crippen molar-refractivity contribution in [2.24, 2.45) is 5.92 Å². The first-order valence-corrected chi connectivity index (χ1v) is 13.1. The van der Waals surface area contributed by atoms with E-state index in [1.807, 2.05) is 31.3 Å². The van der Waals surface area contributed by atoms with Crippen molar-refractivity contribution in [1.82, 2.24) is 10.0 Å². The molecule has 6 nitrogen and oxygen atoms in total. The van der Waals surface area contributed by atoms with Crippen LogP contribution in [0.4, 0.5) is 0 Å². The summed E-state index contributed by atoms with van der Waals surface area (Å²) < 4.78 is 39.0. The van der Waals surface area contributed by atoms with Gasteiger partial charge in [-0.2, -0.15) is 0 Å². The Balaban J connectivity index is 1.47. The van der Waals surface area contributed by atoms with Crippen LogP contribution in [0.3, 0.4) is 0 Å². The quantitative estimate of drug-likeness (QED) is 0.533. The number of hydrogen-bond acceptors (Lipinski definition) is 5. The van der Waals surface area contributed by atoms with Crippen molar-refractivity contribution in [1.29, 1.82) is 0 Å². The standard InChI is InChI=1S/C25H34N2O4S/c1-25(2)24(26-3)22(15-18-7-5-4-6-8-18)21-16-20(11-12-23(21)31-25)30-14-13-27-32(28,29)17-19-9-10-19/h4-8,11-12,16,19,22,24,26-27H,9-10,13-15,17H2,1-3H3/t22-,24+/m1/s1. The van der Waals surface area contributed by atoms with Crippen molar-refractivity contribution in [3.8, 4) is 11.5 Å². The molecule has 7 heteroatoms. The van der Waals surface area contributed by atoms with Crippen molar-refractivity contribution in [2.45, 2.75) is 50.7 Å². The molecule has 0 unspecified atom stereocenters. The summed E-state index contributed by atoms with van der Waals surface area (Å²) in [6.07, 6.45) is 2.92. The lowest BCUT2D eigenvalue weighted by molar-refractivity contribution is 0.0364. The summed E-state index contributed by atoms with van der Waals surface area (Å²) in [5, 5.41) is 3.47. The predicted octanol–water partition coefficient (Wildman–Crippen LogP) is 3.48. The SMILES string of the molecule is CN[C@H]1[C@H](Cc2ccccc2)c2cc(OCCNS(=O)(=O)CC3CC3)ccc2OC1(C)C. The molecule has 0 amide bonds. The van der Waals surface area contributed by atoms with Crippen molar-refractivity contribution in [2.75, 3.05) is 26.0 Å². The molecule has 1 aliphatic heterocycles. The Kier molecular flexibility index (Phi) is 6.79. The fourth-order valence-corrected chi connectivity index (χ4v) is 6.14. The maximum absolute atomic E-state index is 12.0. The van der Waals surface area contributed by atoms with Gasteiger partial charge in [-0.25, -0.2) is 13.1 Å². The van der Waals surface area contributed by atoms with Gasteiger partial charge in [0.2, 0.25) is 10.0 Å². The van der Waals surface area contributed by atoms with Gasteiger partial charge in [-0.3, -0.25) is 0 Å². The Hall–Kier alpha value is -2.09. The van der Waals surface area contributed by atoms with E-state index < -0.39 is 10.0 Å². The van der Waals surface area contributed by atoms with Gasteiger partial charge in [0.25, 0.3) is 0 Å². The monoisotopic (exact) mass is 458 g/mol. The topological polar surface area (TPSA) is 76.7 Å². The average Bonchev–Trinajstić information content (AvgIpc) is 3.55. The Morgan fingerprint density at radius 3 is 2.56 bits per heavy atom. The summed E-state index contributed by atoms with van der Waals surface area (Å²) >= 11 is 0. The second-order valence-electron chi connectivity index (χ2n) is 9.44. The second kappa shape index (κ2) is 9.41. The smallest absolute Gasteiger partial charge is 0.211 e. The normalized spacial score (nSPS) is 22.1. The third kappa shape index (κ3) is 5.63. The largest absolute Gasteiger partial charge is 0.492 e. The van der Waals surface area contributed by atoms with Crippen molar-refractivity contribution in [3.63, 3.8) is 0 Å². The molecule has 1 aliphatic carbocycles. The molecule has 0 radical (unpaired) electrons. The summed E-state index contributed by atoms with van der Waals surface area (Å²) in [4.78, 5) is 0. The molecule has 32 heavy (non-hydrogen) atoms. The molecule has 2 aromatic carbocycles. The lowest BCUT2D eigenvalue weighted by Gasteiger charge is -2.45. The zero-order chi connectivity index (χ0) is 22.8. The number of hydrogen-bond donors (Lipinski definition) is 2. The maximum atomic E-state index is 12.0. The van der Waals surface area contributed by atoms with E-state index in [4.69, 9.17) is 9.47 Å². The van der Waals surface area contributed by atoms with Gasteiger partial charge in [0.05, 0.1) is 11.8 Å². The van der Waals surface area contributed by atoms with Crippen LogP contribution in [0.25, 0.3) is 0 Å². The van der Waals surface area contributed by atoms with Crippen LogP contribution in [0.5, 0.6) is 11.5 Å². The highest BCUT2D eigenvalue weighted by atomic mass is 32.2. The highest BCUT2D eigenvalue weighted by molar-refractivity contribution is 7.89. The Bertz CT molecular complexity index is 1020. The van der Waals surface area contributed by atoms with Gasteiger partial charge in [0, 0.05) is 18.0 Å². The van der Waals surface area contributed by atoms with Crippen molar-refractivity contribution < 1.29 is 17.9 Å². The average molecular weight is 459 g/mol. The molecule has 2 aromatic rings. The van der Waals surface area contributed by atoms with Crippen LogP contribution in [0.15, 0.2) is 48.5 Å². The Morgan fingerprint density at radius 2 is 1.88 bits per heavy atom. The molecule has 2 atom stereocenters. The minimum Gasteiger partial charge on any atom is -0.492 e. The molecule has 0 aromatic heterocycles. The molecule has 0 spiro atoms. The summed E-state index contributed by atoms with van der Waals surface area (Å²) in [5.41, 5.74) is 2.03. The van der Waals surface area contributed by atoms with Crippen LogP contribution in [0.1, 0.15) is 43.7 Å². The van der Waals surface area contributed by atoms with E-state index in [1.165, 1.54) is 5.56 Å². The van der Waals surface area contributed by atoms with Crippen LogP contribution in [0.2, 0.25) is 0 Å². The minimum absolute atomic E-state index is 0.125. The zero-order valence-corrected chi connectivity index (χ0v) is 20.0. The third-order valence-corrected chi connectivity index (χ3v) is 7.91. The van der Waals surface area contributed by atoms with Gasteiger partial charge >= 0.3 is 0 Å². The fourth-order valence-electron chi connectivity index (χ4n) is 4.67. The zero-order valence-electron chi connectivity index (χ0n) is 19.1. The lowest BCUT2D eigenvalue weighted by Crippen LogP contribution is -2.55. The minimum atomic E-state index is -3.21. The highest BCUT2D eigenvalue weighted by Crippen LogP contribution is 2.44. The Morgan fingerprint density at radius 1 is 1.12 bits per heavy atom. The van der Waals surface area contributed by atoms with E-state index in [1.54, 1.807) is 0 Å². The summed E-state index contributed by atoms with van der Waals surface area (Å²) in [7, 11) is -1.23. The fraction of sp³-hybridized carbons (Fsp3) is 0.520. The first-order chi connectivity index (χ1) is 15.3. The second-order valence-corrected chi connectivity index (χ2v) is 11.3. The van der Waals surface area contributed by atoms with Crippen LogP contribution in [-0.4, -0.2) is 46.0 Å². The molecular weight excluding hydrogens is 424 g/mol. The first-order valence-electron chi connectivity index (χ1n) is 11.4. The molecule has 174 valence electrons. The number of fused-ring (bicyclic) bond motifs is 1. The van der Waals surface area contributed by atoms with E-state index in [9.17, 15) is 8.42 Å². The van der Waals surface area contributed by atoms with Crippen LogP contribution < -0.4 is 19.5 Å².